The monoisotopic (exact) mass is 428 g/mol. The van der Waals surface area contributed by atoms with E-state index in [2.05, 4.69) is 10.0 Å². The Morgan fingerprint density at radius 2 is 1.55 bits per heavy atom. The number of benzene rings is 3. The van der Waals surface area contributed by atoms with Crippen LogP contribution >= 0.6 is 11.6 Å². The topological polar surface area (TPSA) is 92.3 Å². The minimum atomic E-state index is -3.86. The van der Waals surface area contributed by atoms with Crippen molar-refractivity contribution in [1.29, 1.82) is 0 Å². The van der Waals surface area contributed by atoms with Crippen LogP contribution in [-0.2, 0) is 10.0 Å². The molecule has 6 nitrogen and oxygen atoms in total. The molecule has 0 spiro atoms. The molecule has 0 aliphatic carbocycles. The molecule has 0 fully saturated rings. The Labute approximate surface area is 173 Å². The van der Waals surface area contributed by atoms with Crippen LogP contribution in [0.1, 0.15) is 27.6 Å². The zero-order valence-electron chi connectivity index (χ0n) is 15.3. The third kappa shape index (κ3) is 5.01. The molecule has 3 rings (SSSR count). The molecule has 0 saturated heterocycles. The number of carbonyl (C=O) groups is 2. The predicted octanol–water partition coefficient (Wildman–Crippen LogP) is 4.60. The molecule has 3 aromatic rings. The van der Waals surface area contributed by atoms with Gasteiger partial charge in [-0.05, 0) is 55.5 Å². The maximum Gasteiger partial charge on any atom is 0.261 e. The molecule has 148 valence electrons. The van der Waals surface area contributed by atoms with Crippen LogP contribution in [0, 0.1) is 0 Å². The van der Waals surface area contributed by atoms with Gasteiger partial charge in [-0.1, -0.05) is 35.9 Å². The molecule has 0 aliphatic heterocycles. The number of rotatable bonds is 6. The second kappa shape index (κ2) is 8.46. The average molecular weight is 429 g/mol. The van der Waals surface area contributed by atoms with Crippen LogP contribution in [0.2, 0.25) is 5.02 Å². The van der Waals surface area contributed by atoms with Crippen LogP contribution in [0.25, 0.3) is 0 Å². The van der Waals surface area contributed by atoms with Crippen LogP contribution in [0.5, 0.6) is 0 Å². The van der Waals surface area contributed by atoms with E-state index in [9.17, 15) is 18.0 Å². The Bertz CT molecular complexity index is 1180. The van der Waals surface area contributed by atoms with Crippen molar-refractivity contribution < 1.29 is 18.0 Å². The fourth-order valence-corrected chi connectivity index (χ4v) is 3.87. The van der Waals surface area contributed by atoms with Crippen LogP contribution in [0.15, 0.2) is 77.7 Å². The van der Waals surface area contributed by atoms with E-state index in [1.807, 2.05) is 0 Å². The number of ketones is 1. The summed E-state index contributed by atoms with van der Waals surface area (Å²) in [6, 6.07) is 18.5. The molecule has 0 aliphatic rings. The Morgan fingerprint density at radius 1 is 0.862 bits per heavy atom. The Balaban J connectivity index is 1.75. The summed E-state index contributed by atoms with van der Waals surface area (Å²) >= 11 is 5.99. The highest BCUT2D eigenvalue weighted by molar-refractivity contribution is 7.92. The summed E-state index contributed by atoms with van der Waals surface area (Å²) < 4.78 is 27.5. The number of nitrogens with one attached hydrogen (secondary N) is 2. The van der Waals surface area contributed by atoms with E-state index in [0.717, 1.165) is 0 Å². The fraction of sp³-hybridized carbons (Fsp3) is 0.0476. The third-order valence-corrected chi connectivity index (χ3v) is 5.78. The Morgan fingerprint density at radius 3 is 2.21 bits per heavy atom. The van der Waals surface area contributed by atoms with Gasteiger partial charge < -0.3 is 5.32 Å². The highest BCUT2D eigenvalue weighted by Gasteiger charge is 2.16. The van der Waals surface area contributed by atoms with Crippen molar-refractivity contribution >= 4 is 44.7 Å². The SMILES string of the molecule is CC(=O)c1cccc(NC(=O)c2ccc(S(=O)(=O)Nc3ccccc3Cl)cc2)c1. The first-order valence-corrected chi connectivity index (χ1v) is 10.4. The summed E-state index contributed by atoms with van der Waals surface area (Å²) in [6.45, 7) is 1.44. The second-order valence-corrected chi connectivity index (χ2v) is 8.29. The maximum atomic E-state index is 12.5. The molecule has 8 heteroatoms. The van der Waals surface area contributed by atoms with E-state index >= 15 is 0 Å². The van der Waals surface area contributed by atoms with Crippen LogP contribution in [0.4, 0.5) is 11.4 Å². The van der Waals surface area contributed by atoms with E-state index in [1.165, 1.54) is 31.2 Å². The number of hydrogen-bond donors (Lipinski definition) is 2. The summed E-state index contributed by atoms with van der Waals surface area (Å²) in [5.74, 6) is -0.532. The summed E-state index contributed by atoms with van der Waals surface area (Å²) in [5.41, 5.74) is 1.49. The van der Waals surface area contributed by atoms with Gasteiger partial charge in [-0.15, -0.1) is 0 Å². The number of sulfonamides is 1. The van der Waals surface area contributed by atoms with Gasteiger partial charge in [0.2, 0.25) is 0 Å². The van der Waals surface area contributed by atoms with Crippen molar-refractivity contribution in [2.24, 2.45) is 0 Å². The summed E-state index contributed by atoms with van der Waals surface area (Å²) in [6.07, 6.45) is 0. The molecule has 0 radical (unpaired) electrons. The van der Waals surface area contributed by atoms with E-state index in [1.54, 1.807) is 48.5 Å². The van der Waals surface area contributed by atoms with Crippen molar-refractivity contribution in [2.75, 3.05) is 10.0 Å². The molecule has 29 heavy (non-hydrogen) atoms. The van der Waals surface area contributed by atoms with Crippen molar-refractivity contribution in [3.8, 4) is 0 Å². The first-order valence-electron chi connectivity index (χ1n) is 8.56. The van der Waals surface area contributed by atoms with Crippen LogP contribution in [-0.4, -0.2) is 20.1 Å². The van der Waals surface area contributed by atoms with Gasteiger partial charge >= 0.3 is 0 Å². The molecule has 0 aromatic heterocycles. The van der Waals surface area contributed by atoms with Crippen molar-refractivity contribution in [3.05, 3.63) is 88.9 Å². The van der Waals surface area contributed by atoms with Crippen molar-refractivity contribution in [1.82, 2.24) is 0 Å². The molecule has 0 atom stereocenters. The first kappa shape index (κ1) is 20.6. The molecule has 0 bridgehead atoms. The van der Waals surface area contributed by atoms with Gasteiger partial charge in [-0.25, -0.2) is 8.42 Å². The highest BCUT2D eigenvalue weighted by atomic mass is 35.5. The standard InChI is InChI=1S/C21H17ClN2O4S/c1-14(25)16-5-4-6-17(13-16)23-21(26)15-9-11-18(12-10-15)29(27,28)24-20-8-3-2-7-19(20)22/h2-13,24H,1H3,(H,23,26). The number of halogens is 1. The van der Waals surface area contributed by atoms with Crippen molar-refractivity contribution in [2.45, 2.75) is 11.8 Å². The molecule has 3 aromatic carbocycles. The molecule has 0 saturated carbocycles. The normalized spacial score (nSPS) is 11.0. The maximum absolute atomic E-state index is 12.5. The van der Waals surface area contributed by atoms with E-state index in [4.69, 9.17) is 11.6 Å². The van der Waals surface area contributed by atoms with Gasteiger partial charge in [0.05, 0.1) is 15.6 Å². The van der Waals surface area contributed by atoms with E-state index in [0.29, 0.717) is 11.3 Å². The average Bonchev–Trinajstić information content (AvgIpc) is 2.70. The smallest absolute Gasteiger partial charge is 0.261 e. The third-order valence-electron chi connectivity index (χ3n) is 4.07. The Kier molecular flexibility index (Phi) is 6.00. The van der Waals surface area contributed by atoms with Gasteiger partial charge in [0.25, 0.3) is 15.9 Å². The molecule has 0 unspecified atom stereocenters. The number of Topliss-reactive ketones (excluding diaryl/α,β-unsaturated/α-hetero) is 1. The predicted molar refractivity (Wildman–Crippen MR) is 113 cm³/mol. The van der Waals surface area contributed by atoms with Gasteiger partial charge in [0, 0.05) is 16.8 Å². The highest BCUT2D eigenvalue weighted by Crippen LogP contribution is 2.24. The number of anilines is 2. The quantitative estimate of drug-likeness (QED) is 0.561. The van der Waals surface area contributed by atoms with Crippen molar-refractivity contribution in [3.63, 3.8) is 0 Å². The van der Waals surface area contributed by atoms with Crippen LogP contribution in [0.3, 0.4) is 0 Å². The van der Waals surface area contributed by atoms with Gasteiger partial charge in [-0.2, -0.15) is 0 Å². The number of para-hydroxylation sites is 1. The lowest BCUT2D eigenvalue weighted by Gasteiger charge is -2.10. The summed E-state index contributed by atoms with van der Waals surface area (Å²) in [4.78, 5) is 23.9. The molecule has 1 amide bonds. The second-order valence-electron chi connectivity index (χ2n) is 6.20. The minimum absolute atomic E-state index is 0.00690. The molecule has 2 N–H and O–H groups in total. The van der Waals surface area contributed by atoms with Gasteiger partial charge in [0.15, 0.2) is 5.78 Å². The lowest BCUT2D eigenvalue weighted by atomic mass is 10.1. The lowest BCUT2D eigenvalue weighted by molar-refractivity contribution is 0.101. The number of amides is 1. The largest absolute Gasteiger partial charge is 0.322 e. The van der Waals surface area contributed by atoms with E-state index < -0.39 is 15.9 Å². The molecular weight excluding hydrogens is 412 g/mol. The molecule has 0 heterocycles. The van der Waals surface area contributed by atoms with E-state index in [-0.39, 0.29) is 27.0 Å². The van der Waals surface area contributed by atoms with Gasteiger partial charge in [0.1, 0.15) is 0 Å². The number of carbonyl (C=O) groups excluding carboxylic acids is 2. The lowest BCUT2D eigenvalue weighted by Crippen LogP contribution is -2.15. The van der Waals surface area contributed by atoms with Crippen LogP contribution < -0.4 is 10.0 Å². The summed E-state index contributed by atoms with van der Waals surface area (Å²) in [5, 5.41) is 2.96. The van der Waals surface area contributed by atoms with Gasteiger partial charge in [-0.3, -0.25) is 14.3 Å². The minimum Gasteiger partial charge on any atom is -0.322 e. The Hall–Kier alpha value is -3.16. The summed E-state index contributed by atoms with van der Waals surface area (Å²) in [7, 11) is -3.86. The zero-order valence-corrected chi connectivity index (χ0v) is 16.9. The number of hydrogen-bond acceptors (Lipinski definition) is 4. The zero-order chi connectivity index (χ0) is 21.0. The first-order chi connectivity index (χ1) is 13.8. The fourth-order valence-electron chi connectivity index (χ4n) is 2.55. The molecular formula is C21H17ClN2O4S.